The Balaban J connectivity index is 0.000000858. The lowest BCUT2D eigenvalue weighted by atomic mass is 9.90. The van der Waals surface area contributed by atoms with E-state index >= 15 is 0 Å². The van der Waals surface area contributed by atoms with Gasteiger partial charge < -0.3 is 25.4 Å². The third-order valence-corrected chi connectivity index (χ3v) is 5.75. The highest BCUT2D eigenvalue weighted by atomic mass is 16.3. The second-order valence-corrected chi connectivity index (χ2v) is 7.84. The summed E-state index contributed by atoms with van der Waals surface area (Å²) in [5.74, 6) is 0.0241. The van der Waals surface area contributed by atoms with Crippen LogP contribution >= 0.6 is 0 Å². The number of nitrogens with one attached hydrogen (secondary N) is 2. The number of aromatic amines is 1. The van der Waals surface area contributed by atoms with E-state index in [9.17, 15) is 14.7 Å². The number of aromatic nitrogens is 2. The van der Waals surface area contributed by atoms with Gasteiger partial charge in [-0.05, 0) is 30.5 Å². The summed E-state index contributed by atoms with van der Waals surface area (Å²) in [5.41, 5.74) is 2.74. The smallest absolute Gasteiger partial charge is 0.290 e. The predicted molar refractivity (Wildman–Crippen MR) is 112 cm³/mol. The largest absolute Gasteiger partial charge is 0.508 e. The molecule has 31 heavy (non-hydrogen) atoms. The number of carboxylic acid groups (broad SMARTS) is 1. The quantitative estimate of drug-likeness (QED) is 0.539. The van der Waals surface area contributed by atoms with Crippen molar-refractivity contribution < 1.29 is 24.6 Å². The van der Waals surface area contributed by atoms with Crippen LogP contribution in [0.5, 0.6) is 5.75 Å². The van der Waals surface area contributed by atoms with Crippen molar-refractivity contribution in [1.82, 2.24) is 20.2 Å². The van der Waals surface area contributed by atoms with Crippen molar-refractivity contribution in [2.45, 2.75) is 57.0 Å². The standard InChI is InChI=1S/C21H26N4O3.CH2O2/c26-16-7-3-4-14(10-16)17-11-25(12-18-21(17)23-13-22-18)20(28)9-8-19(27)24-15-5-1-2-6-15;2-1-3/h3-4,7,10,13,15,17,26H,1-2,5-6,8-9,11-12H2,(H,22,23)(H,24,27);1H,(H,2,3). The van der Waals surface area contributed by atoms with Crippen LogP contribution in [0.4, 0.5) is 0 Å². The number of phenols is 1. The number of fused-ring (bicyclic) bond motifs is 1. The number of amides is 2. The van der Waals surface area contributed by atoms with Gasteiger partial charge in [0, 0.05) is 31.3 Å². The lowest BCUT2D eigenvalue weighted by molar-refractivity contribution is -0.134. The fourth-order valence-corrected chi connectivity index (χ4v) is 4.26. The molecule has 1 aliphatic heterocycles. The molecule has 9 nitrogen and oxygen atoms in total. The van der Waals surface area contributed by atoms with E-state index in [1.807, 2.05) is 6.07 Å². The Morgan fingerprint density at radius 1 is 1.26 bits per heavy atom. The van der Waals surface area contributed by atoms with Crippen LogP contribution in [0.15, 0.2) is 30.6 Å². The molecule has 9 heteroatoms. The van der Waals surface area contributed by atoms with E-state index in [2.05, 4.69) is 15.3 Å². The molecule has 1 saturated carbocycles. The lowest BCUT2D eigenvalue weighted by Crippen LogP contribution is -2.39. The zero-order valence-electron chi connectivity index (χ0n) is 17.3. The number of hydrogen-bond donors (Lipinski definition) is 4. The van der Waals surface area contributed by atoms with Gasteiger partial charge in [0.1, 0.15) is 5.75 Å². The second-order valence-electron chi connectivity index (χ2n) is 7.84. The molecule has 0 spiro atoms. The summed E-state index contributed by atoms with van der Waals surface area (Å²) in [6, 6.07) is 7.35. The van der Waals surface area contributed by atoms with E-state index in [1.165, 1.54) is 12.8 Å². The highest BCUT2D eigenvalue weighted by Crippen LogP contribution is 2.33. The molecule has 4 rings (SSSR count). The molecule has 2 aromatic rings. The van der Waals surface area contributed by atoms with Crippen LogP contribution in [-0.2, 0) is 20.9 Å². The van der Waals surface area contributed by atoms with Gasteiger partial charge in [-0.1, -0.05) is 25.0 Å². The Labute approximate surface area is 180 Å². The second kappa shape index (κ2) is 10.6. The summed E-state index contributed by atoms with van der Waals surface area (Å²) in [5, 5.41) is 19.8. The van der Waals surface area contributed by atoms with Crippen LogP contribution in [0.3, 0.4) is 0 Å². The molecule has 1 aromatic carbocycles. The number of carbonyl (C=O) groups is 3. The van der Waals surface area contributed by atoms with Gasteiger partial charge >= 0.3 is 0 Å². The number of hydrogen-bond acceptors (Lipinski definition) is 5. The summed E-state index contributed by atoms with van der Waals surface area (Å²) in [6.45, 7) is 0.706. The number of rotatable bonds is 5. The molecule has 1 aliphatic carbocycles. The Morgan fingerprint density at radius 2 is 2.00 bits per heavy atom. The Morgan fingerprint density at radius 3 is 2.71 bits per heavy atom. The maximum Gasteiger partial charge on any atom is 0.290 e. The molecule has 166 valence electrons. The maximum absolute atomic E-state index is 12.8. The monoisotopic (exact) mass is 428 g/mol. The number of H-pyrrole nitrogens is 1. The molecule has 4 N–H and O–H groups in total. The van der Waals surface area contributed by atoms with Gasteiger partial charge in [-0.2, -0.15) is 0 Å². The van der Waals surface area contributed by atoms with Gasteiger partial charge in [0.2, 0.25) is 11.8 Å². The first-order valence-corrected chi connectivity index (χ1v) is 10.5. The summed E-state index contributed by atoms with van der Waals surface area (Å²) in [4.78, 5) is 42.6. The van der Waals surface area contributed by atoms with Crippen molar-refractivity contribution in [1.29, 1.82) is 0 Å². The summed E-state index contributed by atoms with van der Waals surface area (Å²) < 4.78 is 0. The number of imidazole rings is 1. The molecule has 1 atom stereocenters. The number of phenolic OH excluding ortho intramolecular Hbond substituents is 1. The van der Waals surface area contributed by atoms with E-state index in [-0.39, 0.29) is 48.8 Å². The fraction of sp³-hybridized carbons (Fsp3) is 0.455. The average molecular weight is 428 g/mol. The van der Waals surface area contributed by atoms with E-state index in [0.717, 1.165) is 29.8 Å². The van der Waals surface area contributed by atoms with E-state index in [0.29, 0.717) is 13.1 Å². The number of carbonyl (C=O) groups excluding carboxylic acids is 2. The minimum atomic E-state index is -0.250. The zero-order valence-corrected chi connectivity index (χ0v) is 17.3. The molecule has 0 bridgehead atoms. The van der Waals surface area contributed by atoms with Crippen molar-refractivity contribution in [3.63, 3.8) is 0 Å². The fourth-order valence-electron chi connectivity index (χ4n) is 4.26. The summed E-state index contributed by atoms with van der Waals surface area (Å²) >= 11 is 0. The minimum absolute atomic E-state index is 0.0352. The van der Waals surface area contributed by atoms with Gasteiger partial charge in [-0.3, -0.25) is 14.4 Å². The van der Waals surface area contributed by atoms with Crippen molar-refractivity contribution in [2.75, 3.05) is 6.54 Å². The zero-order chi connectivity index (χ0) is 22.2. The molecule has 1 unspecified atom stereocenters. The maximum atomic E-state index is 12.8. The molecule has 2 aliphatic rings. The van der Waals surface area contributed by atoms with Gasteiger partial charge in [-0.15, -0.1) is 0 Å². The molecule has 1 aromatic heterocycles. The lowest BCUT2D eigenvalue weighted by Gasteiger charge is -2.32. The Bertz CT molecular complexity index is 907. The van der Waals surface area contributed by atoms with Crippen LogP contribution < -0.4 is 5.32 Å². The average Bonchev–Trinajstić information content (AvgIpc) is 3.43. The van der Waals surface area contributed by atoms with Crippen molar-refractivity contribution in [2.24, 2.45) is 0 Å². The van der Waals surface area contributed by atoms with Gasteiger partial charge in [0.15, 0.2) is 0 Å². The van der Waals surface area contributed by atoms with Gasteiger partial charge in [0.25, 0.3) is 6.47 Å². The molecular weight excluding hydrogens is 400 g/mol. The number of aromatic hydroxyl groups is 1. The SMILES string of the molecule is O=C(CCC(=O)N1Cc2[nH]cnc2C(c2cccc(O)c2)C1)NC1CCCC1.O=CO. The summed E-state index contributed by atoms with van der Waals surface area (Å²) in [7, 11) is 0. The van der Waals surface area contributed by atoms with Crippen LogP contribution in [0, 0.1) is 0 Å². The van der Waals surface area contributed by atoms with E-state index < -0.39 is 0 Å². The highest BCUT2D eigenvalue weighted by molar-refractivity contribution is 5.84. The Hall–Kier alpha value is -3.36. The molecule has 0 saturated heterocycles. The van der Waals surface area contributed by atoms with Crippen LogP contribution in [0.25, 0.3) is 0 Å². The molecule has 2 heterocycles. The first-order chi connectivity index (χ1) is 15.0. The summed E-state index contributed by atoms with van der Waals surface area (Å²) in [6.07, 6.45) is 6.48. The molecule has 0 radical (unpaired) electrons. The van der Waals surface area contributed by atoms with Crippen LogP contribution in [0.1, 0.15) is 61.4 Å². The predicted octanol–water partition coefficient (Wildman–Crippen LogP) is 2.13. The first-order valence-electron chi connectivity index (χ1n) is 10.5. The highest BCUT2D eigenvalue weighted by Gasteiger charge is 2.31. The number of benzene rings is 1. The minimum Gasteiger partial charge on any atom is -0.508 e. The van der Waals surface area contributed by atoms with Crippen molar-refractivity contribution >= 4 is 18.3 Å². The Kier molecular flexibility index (Phi) is 7.64. The van der Waals surface area contributed by atoms with E-state index in [1.54, 1.807) is 29.4 Å². The molecule has 2 amide bonds. The normalized spacial score (nSPS) is 17.9. The molecule has 1 fully saturated rings. The van der Waals surface area contributed by atoms with Crippen LogP contribution in [-0.4, -0.2) is 56.0 Å². The molecular formula is C22H28N4O5. The van der Waals surface area contributed by atoms with Gasteiger partial charge in [-0.25, -0.2) is 4.98 Å². The third kappa shape index (κ3) is 5.84. The third-order valence-electron chi connectivity index (χ3n) is 5.75. The topological polar surface area (TPSA) is 136 Å². The van der Waals surface area contributed by atoms with Crippen molar-refractivity contribution in [3.05, 3.63) is 47.5 Å². The van der Waals surface area contributed by atoms with Crippen LogP contribution in [0.2, 0.25) is 0 Å². The van der Waals surface area contributed by atoms with Gasteiger partial charge in [0.05, 0.1) is 24.3 Å². The van der Waals surface area contributed by atoms with Crippen molar-refractivity contribution in [3.8, 4) is 5.75 Å². The first kappa shape index (κ1) is 22.3. The number of nitrogens with zero attached hydrogens (tertiary/aromatic N) is 2. The van der Waals surface area contributed by atoms with E-state index in [4.69, 9.17) is 9.90 Å².